The van der Waals surface area contributed by atoms with Crippen LogP contribution in [0, 0.1) is 5.82 Å². The van der Waals surface area contributed by atoms with Crippen LogP contribution >= 0.6 is 0 Å². The molecular formula is C23H26FN5O3S. The Morgan fingerprint density at radius 1 is 1.18 bits per heavy atom. The Morgan fingerprint density at radius 3 is 2.76 bits per heavy atom. The highest BCUT2D eigenvalue weighted by Gasteiger charge is 2.25. The number of sulfonamides is 1. The molecule has 0 aliphatic carbocycles. The maximum atomic E-state index is 13.1. The summed E-state index contributed by atoms with van der Waals surface area (Å²) in [6.45, 7) is 0.922. The molecule has 1 aromatic heterocycles. The molecule has 2 aliphatic rings. The van der Waals surface area contributed by atoms with Crippen LogP contribution in [0.2, 0.25) is 0 Å². The van der Waals surface area contributed by atoms with Crippen LogP contribution in [0.15, 0.2) is 58.7 Å². The molecule has 0 fully saturated rings. The Morgan fingerprint density at radius 2 is 1.97 bits per heavy atom. The Balaban J connectivity index is 1.21. The van der Waals surface area contributed by atoms with Crippen molar-refractivity contribution in [2.75, 3.05) is 25.9 Å². The number of carbonyl (C=O) groups excluding carboxylic acids is 1. The van der Waals surface area contributed by atoms with Crippen LogP contribution in [0.1, 0.15) is 25.0 Å². The van der Waals surface area contributed by atoms with Gasteiger partial charge in [0.05, 0.1) is 17.0 Å². The van der Waals surface area contributed by atoms with E-state index in [4.69, 9.17) is 0 Å². The summed E-state index contributed by atoms with van der Waals surface area (Å²) in [5, 5.41) is 7.33. The number of rotatable bonds is 8. The number of H-pyrrole nitrogens is 1. The van der Waals surface area contributed by atoms with Crippen molar-refractivity contribution in [2.24, 2.45) is 4.40 Å². The number of amidine groups is 1. The largest absolute Gasteiger partial charge is 0.342 e. The molecular weight excluding hydrogens is 445 g/mol. The molecule has 8 nitrogen and oxygen atoms in total. The lowest BCUT2D eigenvalue weighted by Gasteiger charge is -2.28. The summed E-state index contributed by atoms with van der Waals surface area (Å²) in [5.74, 6) is -0.0766. The first-order valence-electron chi connectivity index (χ1n) is 10.9. The molecule has 2 aromatic rings. The van der Waals surface area contributed by atoms with Gasteiger partial charge in [-0.3, -0.25) is 9.89 Å². The molecule has 2 aliphatic heterocycles. The zero-order valence-electron chi connectivity index (χ0n) is 18.4. The summed E-state index contributed by atoms with van der Waals surface area (Å²) in [6.07, 6.45) is 8.49. The second-order valence-electron chi connectivity index (χ2n) is 8.17. The van der Waals surface area contributed by atoms with Crippen molar-refractivity contribution in [3.63, 3.8) is 0 Å². The first-order valence-corrected chi connectivity index (χ1v) is 12.5. The van der Waals surface area contributed by atoms with Gasteiger partial charge in [0, 0.05) is 37.6 Å². The van der Waals surface area contributed by atoms with Gasteiger partial charge in [-0.1, -0.05) is 6.42 Å². The van der Waals surface area contributed by atoms with E-state index >= 15 is 0 Å². The summed E-state index contributed by atoms with van der Waals surface area (Å²) in [4.78, 5) is 16.1. The second kappa shape index (κ2) is 9.70. The van der Waals surface area contributed by atoms with Crippen molar-refractivity contribution in [3.8, 4) is 11.3 Å². The zero-order valence-corrected chi connectivity index (χ0v) is 19.2. The smallest absolute Gasteiger partial charge is 0.256 e. The van der Waals surface area contributed by atoms with Crippen molar-refractivity contribution in [1.29, 1.82) is 0 Å². The van der Waals surface area contributed by atoms with Gasteiger partial charge in [-0.05, 0) is 61.7 Å². The molecule has 3 heterocycles. The number of hydrogen-bond acceptors (Lipinski definition) is 5. The third-order valence-electron chi connectivity index (χ3n) is 5.63. The molecule has 0 bridgehead atoms. The second-order valence-corrected chi connectivity index (χ2v) is 9.92. The SMILES string of the molecule is CN(CCCCCc1cc(-c2ccc(F)cc2)n[nH]1)C(=O)C1=CN2CCS(=O)(=O)N=C2C=C1. The molecule has 0 atom stereocenters. The Hall–Kier alpha value is -3.27. The number of nitrogens with one attached hydrogen (secondary N) is 1. The first-order chi connectivity index (χ1) is 15.8. The number of fused-ring (bicyclic) bond motifs is 1. The molecule has 1 amide bonds. The van der Waals surface area contributed by atoms with Crippen molar-refractivity contribution in [2.45, 2.75) is 25.7 Å². The van der Waals surface area contributed by atoms with E-state index in [2.05, 4.69) is 14.6 Å². The molecule has 0 unspecified atom stereocenters. The van der Waals surface area contributed by atoms with Gasteiger partial charge in [-0.2, -0.15) is 5.10 Å². The maximum Gasteiger partial charge on any atom is 0.256 e. The Kier molecular flexibility index (Phi) is 6.73. The molecule has 0 radical (unpaired) electrons. The van der Waals surface area contributed by atoms with Gasteiger partial charge in [0.2, 0.25) is 0 Å². The molecule has 0 saturated carbocycles. The minimum absolute atomic E-state index is 0.0557. The van der Waals surface area contributed by atoms with E-state index < -0.39 is 10.0 Å². The minimum Gasteiger partial charge on any atom is -0.342 e. The number of aromatic amines is 1. The number of nitrogens with zero attached hydrogens (tertiary/aromatic N) is 4. The number of benzene rings is 1. The summed E-state index contributed by atoms with van der Waals surface area (Å²) in [5.41, 5.74) is 3.21. The number of hydrogen-bond donors (Lipinski definition) is 1. The molecule has 0 spiro atoms. The van der Waals surface area contributed by atoms with Crippen LogP contribution in [-0.2, 0) is 21.2 Å². The van der Waals surface area contributed by atoms with Gasteiger partial charge in [0.1, 0.15) is 11.7 Å². The fourth-order valence-corrected chi connectivity index (χ4v) is 4.72. The van der Waals surface area contributed by atoms with Crippen molar-refractivity contribution >= 4 is 21.8 Å². The maximum absolute atomic E-state index is 13.1. The number of likely N-dealkylation sites (N-methyl/N-ethyl adjacent to an activating group) is 1. The number of halogens is 1. The number of carbonyl (C=O) groups is 1. The number of aromatic nitrogens is 2. The van der Waals surface area contributed by atoms with E-state index in [1.54, 1.807) is 47.3 Å². The zero-order chi connectivity index (χ0) is 23.4. The fraction of sp³-hybridized carbons (Fsp3) is 0.348. The topological polar surface area (TPSA) is 98.7 Å². The molecule has 1 aromatic carbocycles. The summed E-state index contributed by atoms with van der Waals surface area (Å²) in [6, 6.07) is 8.24. The van der Waals surface area contributed by atoms with Crippen LogP contribution < -0.4 is 0 Å². The molecule has 174 valence electrons. The van der Waals surface area contributed by atoms with E-state index in [1.165, 1.54) is 12.1 Å². The van der Waals surface area contributed by atoms with Gasteiger partial charge in [0.15, 0.2) is 0 Å². The van der Waals surface area contributed by atoms with Gasteiger partial charge in [-0.15, -0.1) is 4.40 Å². The van der Waals surface area contributed by atoms with Crippen LogP contribution in [0.5, 0.6) is 0 Å². The lowest BCUT2D eigenvalue weighted by Crippen LogP contribution is -2.38. The van der Waals surface area contributed by atoms with Crippen molar-refractivity contribution < 1.29 is 17.6 Å². The monoisotopic (exact) mass is 471 g/mol. The van der Waals surface area contributed by atoms with Gasteiger partial charge in [-0.25, -0.2) is 12.8 Å². The number of unbranched alkanes of at least 4 members (excludes halogenated alkanes) is 2. The predicted octanol–water partition coefficient (Wildman–Crippen LogP) is 2.88. The summed E-state index contributed by atoms with van der Waals surface area (Å²) < 4.78 is 40.0. The third kappa shape index (κ3) is 5.75. The van der Waals surface area contributed by atoms with E-state index in [1.807, 2.05) is 6.07 Å². The summed E-state index contributed by atoms with van der Waals surface area (Å²) >= 11 is 0. The normalized spacial score (nSPS) is 16.7. The van der Waals surface area contributed by atoms with Crippen LogP contribution in [0.3, 0.4) is 0 Å². The number of amides is 1. The van der Waals surface area contributed by atoms with E-state index in [0.29, 0.717) is 24.5 Å². The molecule has 0 saturated heterocycles. The van der Waals surface area contributed by atoms with E-state index in [0.717, 1.165) is 42.6 Å². The van der Waals surface area contributed by atoms with Crippen LogP contribution in [-0.4, -0.2) is 66.0 Å². The average Bonchev–Trinajstić information content (AvgIpc) is 3.26. The van der Waals surface area contributed by atoms with E-state index in [9.17, 15) is 17.6 Å². The lowest BCUT2D eigenvalue weighted by molar-refractivity contribution is -0.125. The highest BCUT2D eigenvalue weighted by Crippen LogP contribution is 2.20. The van der Waals surface area contributed by atoms with Gasteiger partial charge < -0.3 is 9.80 Å². The Bertz CT molecular complexity index is 1210. The molecule has 33 heavy (non-hydrogen) atoms. The molecule has 4 rings (SSSR count). The highest BCUT2D eigenvalue weighted by atomic mass is 32.2. The third-order valence-corrected chi connectivity index (χ3v) is 6.79. The van der Waals surface area contributed by atoms with E-state index in [-0.39, 0.29) is 17.5 Å². The first kappa shape index (κ1) is 22.9. The predicted molar refractivity (Wildman–Crippen MR) is 124 cm³/mol. The minimum atomic E-state index is -3.41. The quantitative estimate of drug-likeness (QED) is 0.597. The average molecular weight is 472 g/mol. The van der Waals surface area contributed by atoms with Gasteiger partial charge in [0.25, 0.3) is 15.9 Å². The van der Waals surface area contributed by atoms with Crippen LogP contribution in [0.4, 0.5) is 4.39 Å². The fourth-order valence-electron chi connectivity index (χ4n) is 3.75. The molecule has 1 N–H and O–H groups in total. The van der Waals surface area contributed by atoms with Gasteiger partial charge >= 0.3 is 0 Å². The van der Waals surface area contributed by atoms with Crippen LogP contribution in [0.25, 0.3) is 11.3 Å². The summed E-state index contributed by atoms with van der Waals surface area (Å²) in [7, 11) is -1.64. The lowest BCUT2D eigenvalue weighted by atomic mass is 10.1. The highest BCUT2D eigenvalue weighted by molar-refractivity contribution is 7.90. The van der Waals surface area contributed by atoms with Crippen molar-refractivity contribution in [3.05, 3.63) is 65.8 Å². The Labute approximate surface area is 192 Å². The van der Waals surface area contributed by atoms with Crippen molar-refractivity contribution in [1.82, 2.24) is 20.0 Å². The molecule has 10 heteroatoms. The number of aryl methyl sites for hydroxylation is 1. The standard InChI is InChI=1S/C23H26FN5O3S/c1-28(23(30)18-8-11-22-27-33(31,32)14-13-29(22)16-18)12-4-2-3-5-20-15-21(26-25-20)17-6-9-19(24)10-7-17/h6-11,15-16H,2-5,12-14H2,1H3,(H,25,26).